The Balaban J connectivity index is 2.40. The third kappa shape index (κ3) is 5.37. The maximum Gasteiger partial charge on any atom is 0.230 e. The average Bonchev–Trinajstić information content (AvgIpc) is 2.37. The van der Waals surface area contributed by atoms with E-state index in [2.05, 4.69) is 24.4 Å². The summed E-state index contributed by atoms with van der Waals surface area (Å²) >= 11 is 1.57. The molecule has 3 nitrogen and oxygen atoms in total. The molecular formula is C16H23NO2S. The van der Waals surface area contributed by atoms with E-state index in [1.165, 1.54) is 18.1 Å². The van der Waals surface area contributed by atoms with Crippen molar-refractivity contribution in [3.63, 3.8) is 0 Å². The Kier molecular flexibility index (Phi) is 6.79. The van der Waals surface area contributed by atoms with Crippen molar-refractivity contribution in [2.45, 2.75) is 39.5 Å². The standard InChI is InChI=1S/C16H23NO2S/c1-11(2)16(13(4)18)17-15(19)10-20-9-14-8-6-5-7-12(14)3/h5-8,11,16H,9-10H2,1-4H3,(H,17,19). The van der Waals surface area contributed by atoms with Crippen LogP contribution in [0.3, 0.4) is 0 Å². The van der Waals surface area contributed by atoms with Crippen molar-refractivity contribution in [3.8, 4) is 0 Å². The van der Waals surface area contributed by atoms with Gasteiger partial charge in [-0.1, -0.05) is 38.1 Å². The Labute approximate surface area is 125 Å². The summed E-state index contributed by atoms with van der Waals surface area (Å²) < 4.78 is 0. The fourth-order valence-corrected chi connectivity index (χ4v) is 2.89. The molecular weight excluding hydrogens is 270 g/mol. The highest BCUT2D eigenvalue weighted by Gasteiger charge is 2.20. The Morgan fingerprint density at radius 2 is 1.90 bits per heavy atom. The van der Waals surface area contributed by atoms with Crippen LogP contribution in [-0.2, 0) is 15.3 Å². The highest BCUT2D eigenvalue weighted by Crippen LogP contribution is 2.15. The molecule has 1 rings (SSSR count). The molecule has 0 aliphatic carbocycles. The minimum atomic E-state index is -0.374. The molecule has 0 heterocycles. The van der Waals surface area contributed by atoms with Crippen LogP contribution in [0, 0.1) is 12.8 Å². The first-order chi connectivity index (χ1) is 9.41. The minimum Gasteiger partial charge on any atom is -0.345 e. The second-order valence-corrected chi connectivity index (χ2v) is 6.30. The van der Waals surface area contributed by atoms with Crippen LogP contribution >= 0.6 is 11.8 Å². The number of rotatable bonds is 7. The molecule has 0 fully saturated rings. The van der Waals surface area contributed by atoms with E-state index in [4.69, 9.17) is 0 Å². The van der Waals surface area contributed by atoms with E-state index in [0.29, 0.717) is 5.75 Å². The van der Waals surface area contributed by atoms with Crippen LogP contribution in [0.25, 0.3) is 0 Å². The van der Waals surface area contributed by atoms with Crippen LogP contribution < -0.4 is 5.32 Å². The number of hydrogen-bond acceptors (Lipinski definition) is 3. The van der Waals surface area contributed by atoms with E-state index >= 15 is 0 Å². The van der Waals surface area contributed by atoms with Gasteiger partial charge in [-0.25, -0.2) is 0 Å². The van der Waals surface area contributed by atoms with E-state index in [0.717, 1.165) is 5.75 Å². The molecule has 0 bridgehead atoms. The summed E-state index contributed by atoms with van der Waals surface area (Å²) in [4.78, 5) is 23.3. The summed E-state index contributed by atoms with van der Waals surface area (Å²) in [6.45, 7) is 7.46. The minimum absolute atomic E-state index is 0.0113. The molecule has 0 aliphatic rings. The van der Waals surface area contributed by atoms with E-state index in [1.807, 2.05) is 26.0 Å². The van der Waals surface area contributed by atoms with Gasteiger partial charge in [0.15, 0.2) is 5.78 Å². The number of benzene rings is 1. The molecule has 0 spiro atoms. The van der Waals surface area contributed by atoms with Crippen molar-refractivity contribution in [2.75, 3.05) is 5.75 Å². The van der Waals surface area contributed by atoms with Crippen molar-refractivity contribution in [1.29, 1.82) is 0 Å². The zero-order valence-electron chi connectivity index (χ0n) is 12.6. The SMILES string of the molecule is CC(=O)C(NC(=O)CSCc1ccccc1C)C(C)C. The van der Waals surface area contributed by atoms with Crippen LogP contribution in [0.1, 0.15) is 31.9 Å². The molecule has 1 unspecified atom stereocenters. The van der Waals surface area contributed by atoms with Gasteiger partial charge in [0, 0.05) is 5.75 Å². The predicted molar refractivity (Wildman–Crippen MR) is 84.8 cm³/mol. The normalized spacial score (nSPS) is 12.2. The Morgan fingerprint density at radius 3 is 2.45 bits per heavy atom. The van der Waals surface area contributed by atoms with Gasteiger partial charge in [-0.2, -0.15) is 0 Å². The Hall–Kier alpha value is -1.29. The van der Waals surface area contributed by atoms with Gasteiger partial charge >= 0.3 is 0 Å². The summed E-state index contributed by atoms with van der Waals surface area (Å²) in [5.74, 6) is 1.25. The van der Waals surface area contributed by atoms with Gasteiger partial charge in [0.2, 0.25) is 5.91 Å². The van der Waals surface area contributed by atoms with E-state index in [9.17, 15) is 9.59 Å². The molecule has 4 heteroatoms. The summed E-state index contributed by atoms with van der Waals surface area (Å²) in [7, 11) is 0. The Morgan fingerprint density at radius 1 is 1.25 bits per heavy atom. The zero-order chi connectivity index (χ0) is 15.1. The molecule has 0 aliphatic heterocycles. The topological polar surface area (TPSA) is 46.2 Å². The molecule has 0 radical (unpaired) electrons. The number of nitrogens with one attached hydrogen (secondary N) is 1. The third-order valence-electron chi connectivity index (χ3n) is 3.17. The van der Waals surface area contributed by atoms with Crippen molar-refractivity contribution in [3.05, 3.63) is 35.4 Å². The lowest BCUT2D eigenvalue weighted by atomic mass is 10.0. The number of Topliss-reactive ketones (excluding diaryl/α,β-unsaturated/α-hetero) is 1. The Bertz CT molecular complexity index is 471. The second kappa shape index (κ2) is 8.10. The van der Waals surface area contributed by atoms with Crippen LogP contribution in [0.15, 0.2) is 24.3 Å². The van der Waals surface area contributed by atoms with Crippen molar-refractivity contribution in [1.82, 2.24) is 5.32 Å². The first-order valence-corrected chi connectivity index (χ1v) is 7.99. The van der Waals surface area contributed by atoms with Crippen molar-refractivity contribution >= 4 is 23.5 Å². The van der Waals surface area contributed by atoms with Crippen molar-refractivity contribution < 1.29 is 9.59 Å². The van der Waals surface area contributed by atoms with Crippen LogP contribution in [-0.4, -0.2) is 23.5 Å². The van der Waals surface area contributed by atoms with Gasteiger partial charge in [0.25, 0.3) is 0 Å². The molecule has 110 valence electrons. The zero-order valence-corrected chi connectivity index (χ0v) is 13.4. The maximum absolute atomic E-state index is 11.9. The van der Waals surface area contributed by atoms with E-state index in [1.54, 1.807) is 11.8 Å². The molecule has 1 N–H and O–H groups in total. The first kappa shape index (κ1) is 16.8. The van der Waals surface area contributed by atoms with Gasteiger partial charge in [-0.15, -0.1) is 11.8 Å². The number of carbonyl (C=O) groups excluding carboxylic acids is 2. The third-order valence-corrected chi connectivity index (χ3v) is 4.15. The molecule has 1 aromatic rings. The van der Waals surface area contributed by atoms with Crippen molar-refractivity contribution in [2.24, 2.45) is 5.92 Å². The van der Waals surface area contributed by atoms with Gasteiger partial charge in [0.1, 0.15) is 0 Å². The van der Waals surface area contributed by atoms with E-state index < -0.39 is 0 Å². The summed E-state index contributed by atoms with van der Waals surface area (Å²) in [6, 6.07) is 7.79. The average molecular weight is 293 g/mol. The number of aryl methyl sites for hydroxylation is 1. The van der Waals surface area contributed by atoms with Gasteiger partial charge in [0.05, 0.1) is 11.8 Å². The lowest BCUT2D eigenvalue weighted by molar-refractivity contribution is -0.126. The monoisotopic (exact) mass is 293 g/mol. The van der Waals surface area contributed by atoms with Gasteiger partial charge in [-0.05, 0) is 30.9 Å². The van der Waals surface area contributed by atoms with Crippen LogP contribution in [0.2, 0.25) is 0 Å². The quantitative estimate of drug-likeness (QED) is 0.840. The largest absolute Gasteiger partial charge is 0.345 e. The van der Waals surface area contributed by atoms with Crippen LogP contribution in [0.5, 0.6) is 0 Å². The van der Waals surface area contributed by atoms with Gasteiger partial charge in [-0.3, -0.25) is 9.59 Å². The van der Waals surface area contributed by atoms with Gasteiger partial charge < -0.3 is 5.32 Å². The number of carbonyl (C=O) groups is 2. The lowest BCUT2D eigenvalue weighted by Gasteiger charge is -2.19. The molecule has 0 saturated carbocycles. The fraction of sp³-hybridized carbons (Fsp3) is 0.500. The smallest absolute Gasteiger partial charge is 0.230 e. The summed E-state index contributed by atoms with van der Waals surface area (Å²) in [6.07, 6.45) is 0. The molecule has 1 aromatic carbocycles. The molecule has 0 saturated heterocycles. The predicted octanol–water partition coefficient (Wildman–Crippen LogP) is 2.96. The first-order valence-electron chi connectivity index (χ1n) is 6.84. The molecule has 20 heavy (non-hydrogen) atoms. The molecule has 0 aromatic heterocycles. The van der Waals surface area contributed by atoms with Crippen LogP contribution in [0.4, 0.5) is 0 Å². The number of hydrogen-bond donors (Lipinski definition) is 1. The lowest BCUT2D eigenvalue weighted by Crippen LogP contribution is -2.44. The molecule has 1 amide bonds. The highest BCUT2D eigenvalue weighted by molar-refractivity contribution is 7.99. The number of ketones is 1. The number of thioether (sulfide) groups is 1. The highest BCUT2D eigenvalue weighted by atomic mass is 32.2. The fourth-order valence-electron chi connectivity index (χ4n) is 1.98. The maximum atomic E-state index is 11.9. The number of amides is 1. The summed E-state index contributed by atoms with van der Waals surface area (Å²) in [5, 5.41) is 2.81. The van der Waals surface area contributed by atoms with E-state index in [-0.39, 0.29) is 23.7 Å². The second-order valence-electron chi connectivity index (χ2n) is 5.32. The summed E-state index contributed by atoms with van der Waals surface area (Å²) in [5.41, 5.74) is 2.49. The molecule has 1 atom stereocenters.